The SMILES string of the molecule is C.CC1(C)OB(B2OC(C)(C)C(C)(C)O2)OC1(C)C.CC1(C)OB(Cc2coc3ccccc23)OC1(C)C.ClCc1coc2ccccc12. The van der Waals surface area contributed by atoms with Crippen molar-refractivity contribution in [1.29, 1.82) is 0 Å². The van der Waals surface area contributed by atoms with E-state index in [9.17, 15) is 0 Å². The van der Waals surface area contributed by atoms with E-state index in [1.807, 2.05) is 97.9 Å². The Labute approximate surface area is 299 Å². The molecule has 4 aromatic rings. The van der Waals surface area contributed by atoms with Crippen LogP contribution in [0.4, 0.5) is 0 Å². The molecular formula is C37H54B3ClO8. The van der Waals surface area contributed by atoms with E-state index in [4.69, 9.17) is 48.4 Å². The number of para-hydroxylation sites is 2. The third-order valence-electron chi connectivity index (χ3n) is 10.7. The average Bonchev–Trinajstić information content (AvgIpc) is 3.73. The number of hydrogen-bond donors (Lipinski definition) is 0. The molecule has 266 valence electrons. The molecule has 0 unspecified atom stereocenters. The third kappa shape index (κ3) is 7.99. The van der Waals surface area contributed by atoms with E-state index in [-0.39, 0.29) is 48.2 Å². The molecule has 49 heavy (non-hydrogen) atoms. The van der Waals surface area contributed by atoms with Crippen molar-refractivity contribution in [3.05, 3.63) is 72.2 Å². The van der Waals surface area contributed by atoms with Crippen molar-refractivity contribution >= 4 is 54.7 Å². The van der Waals surface area contributed by atoms with Gasteiger partial charge in [0, 0.05) is 22.7 Å². The van der Waals surface area contributed by atoms with Gasteiger partial charge in [-0.15, -0.1) is 11.6 Å². The maximum absolute atomic E-state index is 6.02. The van der Waals surface area contributed by atoms with E-state index in [0.29, 0.717) is 12.2 Å². The van der Waals surface area contributed by atoms with Gasteiger partial charge in [0.25, 0.3) is 0 Å². The highest BCUT2D eigenvalue weighted by molar-refractivity contribution is 7.11. The molecular weight excluding hydrogens is 640 g/mol. The molecule has 3 saturated heterocycles. The van der Waals surface area contributed by atoms with Gasteiger partial charge in [0.2, 0.25) is 0 Å². The number of rotatable bonds is 4. The lowest BCUT2D eigenvalue weighted by atomic mass is 9.49. The summed E-state index contributed by atoms with van der Waals surface area (Å²) in [5, 5.41) is 2.25. The number of fused-ring (bicyclic) bond motifs is 2. The first kappa shape index (κ1) is 39.5. The van der Waals surface area contributed by atoms with Crippen LogP contribution in [0.2, 0.25) is 0 Å². The van der Waals surface area contributed by atoms with Gasteiger partial charge in [-0.25, -0.2) is 0 Å². The van der Waals surface area contributed by atoms with Crippen molar-refractivity contribution < 1.29 is 36.8 Å². The molecule has 3 aliphatic rings. The first-order valence-electron chi connectivity index (χ1n) is 16.7. The van der Waals surface area contributed by atoms with Crippen LogP contribution in [0.5, 0.6) is 0 Å². The Morgan fingerprint density at radius 1 is 0.490 bits per heavy atom. The van der Waals surface area contributed by atoms with E-state index < -0.39 is 14.0 Å². The van der Waals surface area contributed by atoms with Gasteiger partial charge < -0.3 is 36.8 Å². The molecule has 0 radical (unpaired) electrons. The van der Waals surface area contributed by atoms with E-state index in [2.05, 4.69) is 33.8 Å². The standard InChI is InChI=1S/C15H19BO3.C12H24B2O4.C9H7ClO.CH4/c1-14(2)15(3,4)19-16(18-14)9-11-10-17-13-8-6-5-7-12(11)13;1-9(2)10(3,4)16-13(15-9)14-17-11(5,6)12(7,8)18-14;10-5-7-6-11-9-4-2-1-3-8(7)9;/h5-8,10H,9H2,1-4H3;1-8H3;1-4,6H,5H2;1H4. The molecule has 0 bridgehead atoms. The number of hydrogen-bond acceptors (Lipinski definition) is 8. The van der Waals surface area contributed by atoms with Crippen molar-refractivity contribution in [1.82, 2.24) is 0 Å². The molecule has 0 N–H and O–H groups in total. The molecule has 2 aromatic heterocycles. The van der Waals surface area contributed by atoms with Gasteiger partial charge in [0.05, 0.1) is 52.0 Å². The zero-order valence-electron chi connectivity index (χ0n) is 30.6. The molecule has 0 aliphatic carbocycles. The molecule has 3 aliphatic heterocycles. The van der Waals surface area contributed by atoms with Crippen molar-refractivity contribution in [3.63, 3.8) is 0 Å². The van der Waals surface area contributed by atoms with Crippen molar-refractivity contribution in [2.24, 2.45) is 0 Å². The summed E-state index contributed by atoms with van der Waals surface area (Å²) < 4.78 is 46.7. The number of alkyl halides is 1. The average molecular weight is 695 g/mol. The zero-order chi connectivity index (χ0) is 35.3. The second-order valence-corrected chi connectivity index (χ2v) is 16.1. The van der Waals surface area contributed by atoms with Crippen molar-refractivity contribution in [2.45, 2.75) is 136 Å². The molecule has 0 saturated carbocycles. The maximum atomic E-state index is 6.02. The smallest absolute Gasteiger partial charge is 0.464 e. The van der Waals surface area contributed by atoms with Gasteiger partial charge in [-0.05, 0) is 101 Å². The van der Waals surface area contributed by atoms with Crippen LogP contribution in [0.15, 0.2) is 69.9 Å². The summed E-state index contributed by atoms with van der Waals surface area (Å²) in [6.45, 7) is 24.5. The molecule has 3 fully saturated rings. The Morgan fingerprint density at radius 3 is 1.20 bits per heavy atom. The van der Waals surface area contributed by atoms with Gasteiger partial charge >= 0.3 is 21.1 Å². The van der Waals surface area contributed by atoms with Crippen LogP contribution >= 0.6 is 11.6 Å². The number of furan rings is 2. The van der Waals surface area contributed by atoms with E-state index in [0.717, 1.165) is 33.1 Å². The molecule has 12 heteroatoms. The first-order valence-corrected chi connectivity index (χ1v) is 17.3. The van der Waals surface area contributed by atoms with Crippen LogP contribution in [-0.2, 0) is 40.1 Å². The number of halogens is 1. The van der Waals surface area contributed by atoms with E-state index in [1.54, 1.807) is 12.5 Å². The van der Waals surface area contributed by atoms with Gasteiger partial charge in [-0.1, -0.05) is 43.8 Å². The Balaban J connectivity index is 0.000000169. The molecule has 8 nitrogen and oxygen atoms in total. The van der Waals surface area contributed by atoms with Crippen LogP contribution in [0.3, 0.4) is 0 Å². The van der Waals surface area contributed by atoms with Crippen LogP contribution in [-0.4, -0.2) is 54.7 Å². The predicted molar refractivity (Wildman–Crippen MR) is 201 cm³/mol. The second-order valence-electron chi connectivity index (χ2n) is 15.8. The van der Waals surface area contributed by atoms with Crippen LogP contribution in [0, 0.1) is 0 Å². The fourth-order valence-corrected chi connectivity index (χ4v) is 5.76. The summed E-state index contributed by atoms with van der Waals surface area (Å²) in [6.07, 6.45) is 4.22. The minimum atomic E-state index is -0.476. The molecule has 0 amide bonds. The number of benzene rings is 2. The van der Waals surface area contributed by atoms with E-state index >= 15 is 0 Å². The summed E-state index contributed by atoms with van der Waals surface area (Å²) in [5.74, 6) is 0.511. The lowest BCUT2D eigenvalue weighted by Gasteiger charge is -2.32. The summed E-state index contributed by atoms with van der Waals surface area (Å²) in [4.78, 5) is 0. The largest absolute Gasteiger partial charge is 0.488 e. The van der Waals surface area contributed by atoms with Gasteiger partial charge in [-0.3, -0.25) is 0 Å². The van der Waals surface area contributed by atoms with Crippen molar-refractivity contribution in [3.8, 4) is 0 Å². The van der Waals surface area contributed by atoms with Gasteiger partial charge in [-0.2, -0.15) is 0 Å². The minimum Gasteiger partial charge on any atom is -0.464 e. The molecule has 0 atom stereocenters. The first-order chi connectivity index (χ1) is 22.2. The Hall–Kier alpha value is -2.24. The highest BCUT2D eigenvalue weighted by Gasteiger charge is 2.63. The monoisotopic (exact) mass is 694 g/mol. The maximum Gasteiger partial charge on any atom is 0.488 e. The second kappa shape index (κ2) is 14.1. The lowest BCUT2D eigenvalue weighted by molar-refractivity contribution is 0.00578. The normalized spacial score (nSPS) is 22.3. The highest BCUT2D eigenvalue weighted by atomic mass is 35.5. The fourth-order valence-electron chi connectivity index (χ4n) is 5.55. The van der Waals surface area contributed by atoms with Crippen molar-refractivity contribution in [2.75, 3.05) is 0 Å². The molecule has 2 aromatic carbocycles. The highest BCUT2D eigenvalue weighted by Crippen LogP contribution is 2.43. The predicted octanol–water partition coefficient (Wildman–Crippen LogP) is 9.66. The lowest BCUT2D eigenvalue weighted by Crippen LogP contribution is -2.41. The quantitative estimate of drug-likeness (QED) is 0.154. The molecule has 0 spiro atoms. The fraction of sp³-hybridized carbons (Fsp3) is 0.568. The summed E-state index contributed by atoms with van der Waals surface area (Å²) >= 11 is 5.69. The summed E-state index contributed by atoms with van der Waals surface area (Å²) in [6, 6.07) is 15.9. The van der Waals surface area contributed by atoms with Crippen LogP contribution in [0.1, 0.15) is 102 Å². The third-order valence-corrected chi connectivity index (χ3v) is 11.0. The van der Waals surface area contributed by atoms with Crippen LogP contribution < -0.4 is 0 Å². The van der Waals surface area contributed by atoms with Gasteiger partial charge in [0.1, 0.15) is 11.2 Å². The zero-order valence-corrected chi connectivity index (χ0v) is 31.3. The minimum absolute atomic E-state index is 0. The Bertz CT molecular complexity index is 1630. The Kier molecular flexibility index (Phi) is 11.3. The van der Waals surface area contributed by atoms with E-state index in [1.165, 1.54) is 0 Å². The van der Waals surface area contributed by atoms with Gasteiger partial charge in [0.15, 0.2) is 0 Å². The Morgan fingerprint density at radius 2 is 0.816 bits per heavy atom. The topological polar surface area (TPSA) is 81.7 Å². The van der Waals surface area contributed by atoms with Crippen LogP contribution in [0.25, 0.3) is 21.9 Å². The summed E-state index contributed by atoms with van der Waals surface area (Å²) in [7, 11) is -1.17. The molecule has 5 heterocycles. The molecule has 7 rings (SSSR count). The summed E-state index contributed by atoms with van der Waals surface area (Å²) in [5.41, 5.74) is 2.01.